The molecule has 1 aliphatic carbocycles. The highest BCUT2D eigenvalue weighted by Gasteiger charge is 2.40. The van der Waals surface area contributed by atoms with E-state index in [1.165, 1.54) is 25.7 Å². The highest BCUT2D eigenvalue weighted by molar-refractivity contribution is 4.95. The van der Waals surface area contributed by atoms with Crippen molar-refractivity contribution in [2.75, 3.05) is 6.61 Å². The van der Waals surface area contributed by atoms with Gasteiger partial charge in [-0.2, -0.15) is 0 Å². The van der Waals surface area contributed by atoms with Gasteiger partial charge in [0, 0.05) is 12.6 Å². The van der Waals surface area contributed by atoms with Crippen LogP contribution in [-0.2, 0) is 4.74 Å². The molecule has 1 saturated carbocycles. The number of hydrogen-bond acceptors (Lipinski definition) is 2. The smallest absolute Gasteiger partial charge is 0.0698 e. The highest BCUT2D eigenvalue weighted by atomic mass is 16.5. The first-order valence-electron chi connectivity index (χ1n) is 4.20. The predicted molar refractivity (Wildman–Crippen MR) is 39.7 cm³/mol. The summed E-state index contributed by atoms with van der Waals surface area (Å²) in [5, 5.41) is 0. The standard InChI is InChI=1S/C8H15NO/c9-7-2-4-8(6-7)3-1-5-10-8/h7H,1-6,9H2/t7-,8+/m1/s1. The van der Waals surface area contributed by atoms with Gasteiger partial charge in [-0.3, -0.25) is 0 Å². The molecule has 0 unspecified atom stereocenters. The second kappa shape index (κ2) is 2.21. The van der Waals surface area contributed by atoms with Gasteiger partial charge >= 0.3 is 0 Å². The molecule has 0 aromatic heterocycles. The Morgan fingerprint density at radius 2 is 2.30 bits per heavy atom. The average molecular weight is 141 g/mol. The maximum atomic E-state index is 5.81. The fourth-order valence-electron chi connectivity index (χ4n) is 2.24. The molecule has 0 aromatic carbocycles. The van der Waals surface area contributed by atoms with Gasteiger partial charge in [-0.25, -0.2) is 0 Å². The Balaban J connectivity index is 2.03. The first kappa shape index (κ1) is 6.62. The first-order chi connectivity index (χ1) is 4.81. The zero-order valence-corrected chi connectivity index (χ0v) is 6.31. The molecular formula is C8H15NO. The number of ether oxygens (including phenoxy) is 1. The van der Waals surface area contributed by atoms with Crippen molar-refractivity contribution >= 4 is 0 Å². The second-order valence-electron chi connectivity index (χ2n) is 3.64. The molecule has 0 bridgehead atoms. The van der Waals surface area contributed by atoms with Crippen molar-refractivity contribution in [1.29, 1.82) is 0 Å². The quantitative estimate of drug-likeness (QED) is 0.547. The third-order valence-electron chi connectivity index (χ3n) is 2.79. The molecule has 2 aliphatic rings. The van der Waals surface area contributed by atoms with E-state index in [4.69, 9.17) is 10.5 Å². The van der Waals surface area contributed by atoms with Gasteiger partial charge in [-0.15, -0.1) is 0 Å². The zero-order chi connectivity index (χ0) is 7.03. The van der Waals surface area contributed by atoms with Gasteiger partial charge in [0.2, 0.25) is 0 Å². The lowest BCUT2D eigenvalue weighted by Crippen LogP contribution is -2.26. The molecule has 1 spiro atoms. The molecule has 2 N–H and O–H groups in total. The van der Waals surface area contributed by atoms with Gasteiger partial charge in [0.05, 0.1) is 5.60 Å². The first-order valence-corrected chi connectivity index (χ1v) is 4.20. The summed E-state index contributed by atoms with van der Waals surface area (Å²) in [6, 6.07) is 0.415. The lowest BCUT2D eigenvalue weighted by atomic mass is 9.98. The summed E-state index contributed by atoms with van der Waals surface area (Å²) in [6.45, 7) is 0.965. The van der Waals surface area contributed by atoms with Crippen LogP contribution in [0.15, 0.2) is 0 Å². The van der Waals surface area contributed by atoms with E-state index in [0.717, 1.165) is 13.0 Å². The normalized spacial score (nSPS) is 47.1. The van der Waals surface area contributed by atoms with Crippen molar-refractivity contribution in [3.63, 3.8) is 0 Å². The summed E-state index contributed by atoms with van der Waals surface area (Å²) in [6.07, 6.45) is 5.97. The topological polar surface area (TPSA) is 35.2 Å². The van der Waals surface area contributed by atoms with E-state index in [2.05, 4.69) is 0 Å². The Morgan fingerprint density at radius 3 is 2.80 bits per heavy atom. The lowest BCUT2D eigenvalue weighted by Gasteiger charge is -2.21. The van der Waals surface area contributed by atoms with Crippen molar-refractivity contribution in [2.45, 2.75) is 43.7 Å². The molecular weight excluding hydrogens is 126 g/mol. The largest absolute Gasteiger partial charge is 0.375 e. The minimum absolute atomic E-state index is 0.236. The van der Waals surface area contributed by atoms with Crippen LogP contribution in [0.4, 0.5) is 0 Å². The molecule has 2 atom stereocenters. The molecule has 2 rings (SSSR count). The Labute approximate surface area is 61.7 Å². The molecule has 2 fully saturated rings. The van der Waals surface area contributed by atoms with Crippen molar-refractivity contribution in [3.05, 3.63) is 0 Å². The maximum absolute atomic E-state index is 5.81. The third-order valence-corrected chi connectivity index (χ3v) is 2.79. The second-order valence-corrected chi connectivity index (χ2v) is 3.64. The van der Waals surface area contributed by atoms with E-state index in [9.17, 15) is 0 Å². The molecule has 2 heteroatoms. The van der Waals surface area contributed by atoms with Crippen LogP contribution in [0, 0.1) is 0 Å². The van der Waals surface area contributed by atoms with E-state index < -0.39 is 0 Å². The maximum Gasteiger partial charge on any atom is 0.0698 e. The summed E-state index contributed by atoms with van der Waals surface area (Å²) in [7, 11) is 0. The number of hydrogen-bond donors (Lipinski definition) is 1. The van der Waals surface area contributed by atoms with E-state index in [1.54, 1.807) is 0 Å². The Hall–Kier alpha value is -0.0800. The summed E-state index contributed by atoms with van der Waals surface area (Å²) in [5.74, 6) is 0. The summed E-state index contributed by atoms with van der Waals surface area (Å²) in [4.78, 5) is 0. The van der Waals surface area contributed by atoms with Crippen molar-refractivity contribution < 1.29 is 4.74 Å². The van der Waals surface area contributed by atoms with Crippen LogP contribution < -0.4 is 5.73 Å². The van der Waals surface area contributed by atoms with E-state index in [-0.39, 0.29) is 5.60 Å². The van der Waals surface area contributed by atoms with Gasteiger partial charge in [0.15, 0.2) is 0 Å². The summed E-state index contributed by atoms with van der Waals surface area (Å²) < 4.78 is 5.69. The molecule has 1 saturated heterocycles. The Morgan fingerprint density at radius 1 is 1.40 bits per heavy atom. The SMILES string of the molecule is N[C@@H]1CC[C@@]2(CCCO2)C1. The van der Waals surface area contributed by atoms with Gasteiger partial charge in [0.25, 0.3) is 0 Å². The molecule has 0 amide bonds. The van der Waals surface area contributed by atoms with Gasteiger partial charge in [0.1, 0.15) is 0 Å². The fourth-order valence-corrected chi connectivity index (χ4v) is 2.24. The molecule has 1 aliphatic heterocycles. The predicted octanol–water partition coefficient (Wildman–Crippen LogP) is 1.05. The summed E-state index contributed by atoms with van der Waals surface area (Å²) in [5.41, 5.74) is 6.04. The van der Waals surface area contributed by atoms with Crippen molar-refractivity contribution in [2.24, 2.45) is 5.73 Å². The molecule has 2 nitrogen and oxygen atoms in total. The summed E-state index contributed by atoms with van der Waals surface area (Å²) >= 11 is 0. The van der Waals surface area contributed by atoms with Crippen molar-refractivity contribution in [3.8, 4) is 0 Å². The minimum atomic E-state index is 0.236. The van der Waals surface area contributed by atoms with Crippen LogP contribution in [0.5, 0.6) is 0 Å². The molecule has 0 aromatic rings. The van der Waals surface area contributed by atoms with Crippen LogP contribution >= 0.6 is 0 Å². The fraction of sp³-hybridized carbons (Fsp3) is 1.00. The number of rotatable bonds is 0. The van der Waals surface area contributed by atoms with Crippen molar-refractivity contribution in [1.82, 2.24) is 0 Å². The third kappa shape index (κ3) is 0.956. The van der Waals surface area contributed by atoms with E-state index in [1.807, 2.05) is 0 Å². The lowest BCUT2D eigenvalue weighted by molar-refractivity contribution is 0.00950. The zero-order valence-electron chi connectivity index (χ0n) is 6.31. The van der Waals surface area contributed by atoms with E-state index in [0.29, 0.717) is 6.04 Å². The minimum Gasteiger partial charge on any atom is -0.375 e. The molecule has 0 radical (unpaired) electrons. The number of nitrogens with two attached hydrogens (primary N) is 1. The van der Waals surface area contributed by atoms with Crippen LogP contribution in [0.1, 0.15) is 32.1 Å². The van der Waals surface area contributed by atoms with Gasteiger partial charge in [-0.1, -0.05) is 0 Å². The Kier molecular flexibility index (Phi) is 1.46. The van der Waals surface area contributed by atoms with Crippen LogP contribution in [0.2, 0.25) is 0 Å². The van der Waals surface area contributed by atoms with Crippen LogP contribution in [0.25, 0.3) is 0 Å². The van der Waals surface area contributed by atoms with Crippen LogP contribution in [0.3, 0.4) is 0 Å². The van der Waals surface area contributed by atoms with E-state index >= 15 is 0 Å². The monoisotopic (exact) mass is 141 g/mol. The highest BCUT2D eigenvalue weighted by Crippen LogP contribution is 2.40. The van der Waals surface area contributed by atoms with Gasteiger partial charge in [-0.05, 0) is 32.1 Å². The molecule has 58 valence electrons. The van der Waals surface area contributed by atoms with Crippen LogP contribution in [-0.4, -0.2) is 18.2 Å². The van der Waals surface area contributed by atoms with Gasteiger partial charge < -0.3 is 10.5 Å². The average Bonchev–Trinajstić information content (AvgIpc) is 2.46. The molecule has 1 heterocycles. The Bertz CT molecular complexity index is 129. The molecule has 10 heavy (non-hydrogen) atoms.